The molecule has 0 aliphatic carbocycles. The van der Waals surface area contributed by atoms with Crippen LogP contribution >= 0.6 is 0 Å². The summed E-state index contributed by atoms with van der Waals surface area (Å²) in [5.41, 5.74) is 2.64. The monoisotopic (exact) mass is 391 g/mol. The van der Waals surface area contributed by atoms with Gasteiger partial charge in [-0.2, -0.15) is 0 Å². The van der Waals surface area contributed by atoms with Gasteiger partial charge < -0.3 is 9.64 Å². The van der Waals surface area contributed by atoms with E-state index in [1.165, 1.54) is 0 Å². The fraction of sp³-hybridized carbons (Fsp3) is 0.348. The fourth-order valence-corrected chi connectivity index (χ4v) is 3.96. The second-order valence-electron chi connectivity index (χ2n) is 7.41. The summed E-state index contributed by atoms with van der Waals surface area (Å²) in [6.07, 6.45) is 1.10. The summed E-state index contributed by atoms with van der Waals surface area (Å²) >= 11 is 0. The molecule has 0 atom stereocenters. The highest BCUT2D eigenvalue weighted by molar-refractivity contribution is 5.80. The summed E-state index contributed by atoms with van der Waals surface area (Å²) in [7, 11) is 0. The van der Waals surface area contributed by atoms with E-state index in [4.69, 9.17) is 9.72 Å². The third-order valence-corrected chi connectivity index (χ3v) is 5.44. The SMILES string of the molecule is CCOC(=O)N1CCC(n2c(-c3ccccc3)nc3ccc(C)cc3c2=O)CC1. The summed E-state index contributed by atoms with van der Waals surface area (Å²) < 4.78 is 6.95. The standard InChI is InChI=1S/C23H25N3O3/c1-3-29-23(28)25-13-11-18(12-14-25)26-21(17-7-5-4-6-8-17)24-20-10-9-16(2)15-19(20)22(26)27/h4-10,15,18H,3,11-14H2,1-2H3. The zero-order chi connectivity index (χ0) is 20.4. The first-order valence-electron chi connectivity index (χ1n) is 10.1. The third-order valence-electron chi connectivity index (χ3n) is 5.44. The van der Waals surface area contributed by atoms with Crippen molar-refractivity contribution in [2.75, 3.05) is 19.7 Å². The molecule has 4 rings (SSSR count). The first-order valence-corrected chi connectivity index (χ1v) is 10.1. The number of likely N-dealkylation sites (tertiary alicyclic amines) is 1. The summed E-state index contributed by atoms with van der Waals surface area (Å²) in [5, 5.41) is 0.637. The minimum Gasteiger partial charge on any atom is -0.450 e. The molecule has 0 N–H and O–H groups in total. The fourth-order valence-electron chi connectivity index (χ4n) is 3.96. The molecule has 150 valence electrons. The van der Waals surface area contributed by atoms with E-state index in [9.17, 15) is 9.59 Å². The molecule has 1 aromatic heterocycles. The number of hydrogen-bond donors (Lipinski definition) is 0. The van der Waals surface area contributed by atoms with Crippen LogP contribution in [0.25, 0.3) is 22.3 Å². The Balaban J connectivity index is 1.78. The van der Waals surface area contributed by atoms with E-state index in [-0.39, 0.29) is 17.7 Å². The van der Waals surface area contributed by atoms with Crippen LogP contribution in [0.2, 0.25) is 0 Å². The first kappa shape index (κ1) is 19.2. The molecule has 0 radical (unpaired) electrons. The van der Waals surface area contributed by atoms with E-state index in [0.717, 1.165) is 11.1 Å². The molecular weight excluding hydrogens is 366 g/mol. The van der Waals surface area contributed by atoms with Crippen molar-refractivity contribution in [3.8, 4) is 11.4 Å². The number of nitrogens with zero attached hydrogens (tertiary/aromatic N) is 3. The van der Waals surface area contributed by atoms with Crippen LogP contribution < -0.4 is 5.56 Å². The van der Waals surface area contributed by atoms with Crippen molar-refractivity contribution < 1.29 is 9.53 Å². The normalized spacial score (nSPS) is 14.9. The van der Waals surface area contributed by atoms with Gasteiger partial charge in [-0.1, -0.05) is 42.0 Å². The number of aryl methyl sites for hydroxylation is 1. The van der Waals surface area contributed by atoms with Crippen LogP contribution in [0.3, 0.4) is 0 Å². The number of carbonyl (C=O) groups is 1. The highest BCUT2D eigenvalue weighted by Crippen LogP contribution is 2.28. The number of fused-ring (bicyclic) bond motifs is 1. The van der Waals surface area contributed by atoms with Crippen molar-refractivity contribution in [3.05, 3.63) is 64.4 Å². The molecular formula is C23H25N3O3. The second kappa shape index (κ2) is 8.07. The Labute approximate surface area is 169 Å². The van der Waals surface area contributed by atoms with Crippen molar-refractivity contribution in [1.82, 2.24) is 14.5 Å². The molecule has 3 aromatic rings. The Morgan fingerprint density at radius 2 is 1.86 bits per heavy atom. The summed E-state index contributed by atoms with van der Waals surface area (Å²) in [4.78, 5) is 32.1. The average molecular weight is 391 g/mol. The van der Waals surface area contributed by atoms with Crippen molar-refractivity contribution in [3.63, 3.8) is 0 Å². The molecule has 1 saturated heterocycles. The smallest absolute Gasteiger partial charge is 0.409 e. The summed E-state index contributed by atoms with van der Waals surface area (Å²) in [6.45, 7) is 5.28. The van der Waals surface area contributed by atoms with Gasteiger partial charge in [-0.3, -0.25) is 9.36 Å². The number of amides is 1. The van der Waals surface area contributed by atoms with Gasteiger partial charge >= 0.3 is 6.09 Å². The van der Waals surface area contributed by atoms with Gasteiger partial charge in [0, 0.05) is 24.7 Å². The summed E-state index contributed by atoms with van der Waals surface area (Å²) in [5.74, 6) is 0.682. The molecule has 0 saturated carbocycles. The Bertz CT molecular complexity index is 1080. The number of benzene rings is 2. The minimum atomic E-state index is -0.283. The topological polar surface area (TPSA) is 64.4 Å². The highest BCUT2D eigenvalue weighted by Gasteiger charge is 2.27. The molecule has 0 spiro atoms. The van der Waals surface area contributed by atoms with Crippen molar-refractivity contribution in [2.45, 2.75) is 32.7 Å². The van der Waals surface area contributed by atoms with Gasteiger partial charge in [0.1, 0.15) is 5.82 Å². The molecule has 1 amide bonds. The number of aromatic nitrogens is 2. The largest absolute Gasteiger partial charge is 0.450 e. The maximum atomic E-state index is 13.5. The van der Waals surface area contributed by atoms with E-state index < -0.39 is 0 Å². The van der Waals surface area contributed by atoms with E-state index in [2.05, 4.69) is 0 Å². The number of rotatable bonds is 3. The molecule has 1 aliphatic heterocycles. The van der Waals surface area contributed by atoms with Crippen LogP contribution in [-0.4, -0.2) is 40.2 Å². The van der Waals surface area contributed by atoms with E-state index in [1.807, 2.05) is 60.0 Å². The maximum Gasteiger partial charge on any atom is 0.409 e. The van der Waals surface area contributed by atoms with Gasteiger partial charge in [-0.05, 0) is 38.8 Å². The predicted molar refractivity (Wildman–Crippen MR) is 113 cm³/mol. The molecule has 1 aliphatic rings. The van der Waals surface area contributed by atoms with Crippen molar-refractivity contribution >= 4 is 17.0 Å². The van der Waals surface area contributed by atoms with Crippen LogP contribution in [0.15, 0.2) is 53.3 Å². The molecule has 29 heavy (non-hydrogen) atoms. The van der Waals surface area contributed by atoms with Gasteiger partial charge in [0.2, 0.25) is 0 Å². The Hall–Kier alpha value is -3.15. The van der Waals surface area contributed by atoms with Crippen LogP contribution in [0.1, 0.15) is 31.4 Å². The average Bonchev–Trinajstić information content (AvgIpc) is 2.75. The molecule has 0 bridgehead atoms. The maximum absolute atomic E-state index is 13.5. The van der Waals surface area contributed by atoms with Gasteiger partial charge in [-0.25, -0.2) is 9.78 Å². The lowest BCUT2D eigenvalue weighted by atomic mass is 10.0. The van der Waals surface area contributed by atoms with Crippen molar-refractivity contribution in [1.29, 1.82) is 0 Å². The Morgan fingerprint density at radius 1 is 1.14 bits per heavy atom. The van der Waals surface area contributed by atoms with E-state index in [0.29, 0.717) is 49.3 Å². The lowest BCUT2D eigenvalue weighted by molar-refractivity contribution is 0.0925. The lowest BCUT2D eigenvalue weighted by Gasteiger charge is -2.33. The van der Waals surface area contributed by atoms with Crippen LogP contribution in [0, 0.1) is 6.92 Å². The highest BCUT2D eigenvalue weighted by atomic mass is 16.6. The van der Waals surface area contributed by atoms with Gasteiger partial charge in [0.05, 0.1) is 17.5 Å². The van der Waals surface area contributed by atoms with Crippen LogP contribution in [0.4, 0.5) is 4.79 Å². The van der Waals surface area contributed by atoms with Gasteiger partial charge in [0.15, 0.2) is 0 Å². The molecule has 0 unspecified atom stereocenters. The zero-order valence-corrected chi connectivity index (χ0v) is 16.8. The molecule has 6 heteroatoms. The Morgan fingerprint density at radius 3 is 2.55 bits per heavy atom. The lowest BCUT2D eigenvalue weighted by Crippen LogP contribution is -2.41. The molecule has 2 aromatic carbocycles. The molecule has 2 heterocycles. The Kier molecular flexibility index (Phi) is 5.34. The third kappa shape index (κ3) is 3.75. The quantitative estimate of drug-likeness (QED) is 0.672. The minimum absolute atomic E-state index is 0.0132. The molecule has 6 nitrogen and oxygen atoms in total. The predicted octanol–water partition coefficient (Wildman–Crippen LogP) is 4.17. The van der Waals surface area contributed by atoms with E-state index in [1.54, 1.807) is 11.8 Å². The van der Waals surface area contributed by atoms with Crippen LogP contribution in [-0.2, 0) is 4.74 Å². The number of piperidine rings is 1. The summed E-state index contributed by atoms with van der Waals surface area (Å²) in [6, 6.07) is 15.6. The van der Waals surface area contributed by atoms with Gasteiger partial charge in [-0.15, -0.1) is 0 Å². The zero-order valence-electron chi connectivity index (χ0n) is 16.8. The molecule has 1 fully saturated rings. The number of hydrogen-bond acceptors (Lipinski definition) is 4. The first-order chi connectivity index (χ1) is 14.1. The van der Waals surface area contributed by atoms with Crippen LogP contribution in [0.5, 0.6) is 0 Å². The second-order valence-corrected chi connectivity index (χ2v) is 7.41. The van der Waals surface area contributed by atoms with Crippen molar-refractivity contribution in [2.24, 2.45) is 0 Å². The number of carbonyl (C=O) groups excluding carboxylic acids is 1. The van der Waals surface area contributed by atoms with E-state index >= 15 is 0 Å². The van der Waals surface area contributed by atoms with Gasteiger partial charge in [0.25, 0.3) is 5.56 Å². The number of ether oxygens (including phenoxy) is 1.